The molecule has 100 valence electrons. The van der Waals surface area contributed by atoms with E-state index in [1.54, 1.807) is 0 Å². The number of ether oxygens (including phenoxy) is 2. The summed E-state index contributed by atoms with van der Waals surface area (Å²) < 4.78 is 9.89. The van der Waals surface area contributed by atoms with Crippen molar-refractivity contribution in [3.63, 3.8) is 0 Å². The smallest absolute Gasteiger partial charge is 0.203 e. The van der Waals surface area contributed by atoms with E-state index in [9.17, 15) is 20.5 Å². The van der Waals surface area contributed by atoms with Crippen LogP contribution in [0.3, 0.4) is 0 Å². The number of rotatable bonds is 4. The van der Waals surface area contributed by atoms with Crippen molar-refractivity contribution in [2.75, 3.05) is 20.4 Å². The minimum Gasteiger partial charge on any atom is -0.600 e. The van der Waals surface area contributed by atoms with Crippen molar-refractivity contribution in [3.05, 3.63) is 5.21 Å². The molecule has 0 saturated carbocycles. The predicted molar refractivity (Wildman–Crippen MR) is 51.7 cm³/mol. The summed E-state index contributed by atoms with van der Waals surface area (Å²) in [6, 6.07) is 0. The number of hydrogen-bond donors (Lipinski definition) is 4. The van der Waals surface area contributed by atoms with E-state index in [-0.39, 0.29) is 11.6 Å². The maximum Gasteiger partial charge on any atom is 0.203 e. The van der Waals surface area contributed by atoms with Gasteiger partial charge in [-0.15, -0.1) is 0 Å². The highest BCUT2D eigenvalue weighted by molar-refractivity contribution is 4.88. The van der Waals surface area contributed by atoms with Gasteiger partial charge in [-0.2, -0.15) is 0 Å². The van der Waals surface area contributed by atoms with Crippen molar-refractivity contribution in [3.8, 4) is 0 Å². The number of aliphatic hydroxyl groups excluding tert-OH is 4. The van der Waals surface area contributed by atoms with Gasteiger partial charge in [-0.05, 0) is 5.11 Å². The number of aliphatic hydroxyl groups is 4. The topological polar surface area (TPSA) is 138 Å². The Morgan fingerprint density at radius 3 is 2.47 bits per heavy atom. The van der Waals surface area contributed by atoms with Crippen LogP contribution in [-0.2, 0) is 9.47 Å². The van der Waals surface area contributed by atoms with E-state index >= 15 is 0 Å². The van der Waals surface area contributed by atoms with Crippen molar-refractivity contribution < 1.29 is 34.8 Å². The fourth-order valence-electron chi connectivity index (χ4n) is 1.39. The van der Waals surface area contributed by atoms with E-state index in [1.165, 1.54) is 0 Å². The van der Waals surface area contributed by atoms with Crippen LogP contribution in [0.1, 0.15) is 0 Å². The second-order valence-electron chi connectivity index (χ2n) is 3.60. The molecule has 0 aromatic heterocycles. The normalized spacial score (nSPS) is 39.4. The monoisotopic (exact) mass is 252 g/mol. The first-order valence-electron chi connectivity index (χ1n) is 4.97. The molecule has 1 aliphatic heterocycles. The standard InChI is InChI=1S/C8H16N2O7/c1-10(15)9-3-16-8-7(14)6(13)5(12)4(2-11)17-8/h4-8,11-14H,2-3H2,1H3/b10-9-/t4-,5-,6+,7-,8-/m1/s1. The van der Waals surface area contributed by atoms with Crippen LogP contribution in [-0.4, -0.2) is 76.4 Å². The molecule has 0 radical (unpaired) electrons. The molecule has 0 aliphatic carbocycles. The zero-order valence-corrected chi connectivity index (χ0v) is 9.21. The van der Waals surface area contributed by atoms with Crippen molar-refractivity contribution in [2.24, 2.45) is 5.11 Å². The van der Waals surface area contributed by atoms with Crippen molar-refractivity contribution in [2.45, 2.75) is 30.7 Å². The number of hydrogen-bond acceptors (Lipinski definition) is 8. The Bertz CT molecular complexity index is 269. The summed E-state index contributed by atoms with van der Waals surface area (Å²) in [5.74, 6) is 0. The first kappa shape index (κ1) is 14.2. The summed E-state index contributed by atoms with van der Waals surface area (Å²) in [5, 5.41) is 51.0. The van der Waals surface area contributed by atoms with Gasteiger partial charge in [0.25, 0.3) is 0 Å². The summed E-state index contributed by atoms with van der Waals surface area (Å²) >= 11 is 0. The van der Waals surface area contributed by atoms with Gasteiger partial charge in [-0.3, -0.25) is 0 Å². The third-order valence-electron chi connectivity index (χ3n) is 2.34. The van der Waals surface area contributed by atoms with Crippen molar-refractivity contribution >= 4 is 0 Å². The first-order chi connectivity index (χ1) is 7.97. The summed E-state index contributed by atoms with van der Waals surface area (Å²) in [6.45, 7) is -0.911. The number of nitrogens with zero attached hydrogens (tertiary/aromatic N) is 2. The van der Waals surface area contributed by atoms with E-state index in [2.05, 4.69) is 5.11 Å². The highest BCUT2D eigenvalue weighted by Crippen LogP contribution is 2.21. The fourth-order valence-corrected chi connectivity index (χ4v) is 1.39. The molecule has 1 saturated heterocycles. The molecule has 9 heteroatoms. The van der Waals surface area contributed by atoms with Crippen molar-refractivity contribution in [1.29, 1.82) is 0 Å². The van der Waals surface area contributed by atoms with Gasteiger partial charge in [-0.1, -0.05) is 4.86 Å². The lowest BCUT2D eigenvalue weighted by Crippen LogP contribution is -2.59. The second kappa shape index (κ2) is 6.19. The summed E-state index contributed by atoms with van der Waals surface area (Å²) in [6.07, 6.45) is -6.73. The van der Waals surface area contributed by atoms with Gasteiger partial charge in [0.15, 0.2) is 13.3 Å². The van der Waals surface area contributed by atoms with Crippen molar-refractivity contribution in [1.82, 2.24) is 0 Å². The van der Waals surface area contributed by atoms with Crippen LogP contribution in [0.15, 0.2) is 5.11 Å². The van der Waals surface area contributed by atoms with Gasteiger partial charge >= 0.3 is 0 Å². The Hall–Kier alpha value is -0.840. The molecule has 1 rings (SSSR count). The summed E-state index contributed by atoms with van der Waals surface area (Å²) in [5.41, 5.74) is 0. The fraction of sp³-hybridized carbons (Fsp3) is 1.00. The molecule has 5 atom stereocenters. The number of azo groups is 1. The first-order valence-corrected chi connectivity index (χ1v) is 4.97. The van der Waals surface area contributed by atoms with Crippen LogP contribution in [0.25, 0.3) is 0 Å². The largest absolute Gasteiger partial charge is 0.600 e. The van der Waals surface area contributed by atoms with Gasteiger partial charge in [-0.25, -0.2) is 0 Å². The zero-order chi connectivity index (χ0) is 13.0. The van der Waals surface area contributed by atoms with Crippen LogP contribution in [0.2, 0.25) is 0 Å². The van der Waals surface area contributed by atoms with Gasteiger partial charge in [0.1, 0.15) is 24.4 Å². The molecule has 1 fully saturated rings. The summed E-state index contributed by atoms with van der Waals surface area (Å²) in [4.78, 5) is 0.268. The third kappa shape index (κ3) is 3.56. The molecule has 0 aromatic rings. The molecule has 0 spiro atoms. The van der Waals surface area contributed by atoms with Crippen LogP contribution < -0.4 is 0 Å². The maximum absolute atomic E-state index is 10.4. The Kier molecular flexibility index (Phi) is 5.18. The lowest BCUT2D eigenvalue weighted by atomic mass is 9.99. The molecule has 0 bridgehead atoms. The van der Waals surface area contributed by atoms with E-state index < -0.39 is 37.3 Å². The highest BCUT2D eigenvalue weighted by atomic mass is 16.7. The van der Waals surface area contributed by atoms with E-state index in [0.29, 0.717) is 0 Å². The van der Waals surface area contributed by atoms with E-state index in [1.807, 2.05) is 0 Å². The quantitative estimate of drug-likeness (QED) is 0.243. The minimum absolute atomic E-state index is 0.268. The van der Waals surface area contributed by atoms with E-state index in [4.69, 9.17) is 14.6 Å². The Morgan fingerprint density at radius 2 is 1.94 bits per heavy atom. The third-order valence-corrected chi connectivity index (χ3v) is 2.34. The highest BCUT2D eigenvalue weighted by Gasteiger charge is 2.44. The molecule has 1 aliphatic rings. The van der Waals surface area contributed by atoms with Gasteiger partial charge in [0.05, 0.1) is 6.61 Å². The SMILES string of the molecule is C/[N+]([O-])=N/CO[C@@H]1O[C@H](CO)[C@@H](O)[C@H](O)[C@H]1O. The average molecular weight is 252 g/mol. The van der Waals surface area contributed by atoms with Gasteiger partial charge in [0.2, 0.25) is 6.73 Å². The Balaban J connectivity index is 2.56. The number of hydroxylamine groups is 1. The Morgan fingerprint density at radius 1 is 1.29 bits per heavy atom. The zero-order valence-electron chi connectivity index (χ0n) is 9.21. The molecule has 0 unspecified atom stereocenters. The van der Waals surface area contributed by atoms with Gasteiger partial charge in [0, 0.05) is 0 Å². The maximum atomic E-state index is 10.4. The van der Waals surface area contributed by atoms with Crippen LogP contribution in [0.4, 0.5) is 0 Å². The molecule has 9 nitrogen and oxygen atoms in total. The average Bonchev–Trinajstić information content (AvgIpc) is 2.29. The Labute approximate surface area is 97.1 Å². The van der Waals surface area contributed by atoms with E-state index in [0.717, 1.165) is 7.05 Å². The molecule has 0 amide bonds. The molecule has 17 heavy (non-hydrogen) atoms. The van der Waals surface area contributed by atoms with Crippen LogP contribution in [0, 0.1) is 5.21 Å². The lowest BCUT2D eigenvalue weighted by molar-refractivity contribution is -0.505. The molecule has 0 aromatic carbocycles. The molecule has 1 heterocycles. The molecular formula is C8H16N2O7. The van der Waals surface area contributed by atoms with Crippen LogP contribution >= 0.6 is 0 Å². The minimum atomic E-state index is -1.50. The molecule has 4 N–H and O–H groups in total. The predicted octanol–water partition coefficient (Wildman–Crippen LogP) is -2.65. The van der Waals surface area contributed by atoms with Gasteiger partial charge < -0.3 is 35.1 Å². The lowest BCUT2D eigenvalue weighted by Gasteiger charge is -2.39. The summed E-state index contributed by atoms with van der Waals surface area (Å²) in [7, 11) is 1.15. The molecular weight excluding hydrogens is 236 g/mol. The van der Waals surface area contributed by atoms with Crippen LogP contribution in [0.5, 0.6) is 0 Å². The second-order valence-corrected chi connectivity index (χ2v) is 3.60.